The van der Waals surface area contributed by atoms with Crippen molar-refractivity contribution in [3.8, 4) is 5.75 Å². The standard InChI is InChI=1S/C14H13Cl2NO3/c1-17(8-10-4-3-7-19-10)13(18)9-20-14-11(15)5-2-6-12(14)16/h2-7H,8-9H2,1H3. The van der Waals surface area contributed by atoms with Gasteiger partial charge in [0.05, 0.1) is 22.9 Å². The van der Waals surface area contributed by atoms with Gasteiger partial charge in [-0.05, 0) is 24.3 Å². The van der Waals surface area contributed by atoms with Crippen LogP contribution in [0.5, 0.6) is 5.75 Å². The van der Waals surface area contributed by atoms with Gasteiger partial charge in [-0.2, -0.15) is 0 Å². The second-order valence-electron chi connectivity index (χ2n) is 4.17. The average Bonchev–Trinajstić information content (AvgIpc) is 2.90. The maximum Gasteiger partial charge on any atom is 0.260 e. The third-order valence-electron chi connectivity index (χ3n) is 2.66. The summed E-state index contributed by atoms with van der Waals surface area (Å²) in [5, 5.41) is 0.748. The van der Waals surface area contributed by atoms with Crippen molar-refractivity contribution in [1.29, 1.82) is 0 Å². The zero-order chi connectivity index (χ0) is 14.5. The van der Waals surface area contributed by atoms with Crippen molar-refractivity contribution in [2.24, 2.45) is 0 Å². The molecule has 0 atom stereocenters. The van der Waals surface area contributed by atoms with Gasteiger partial charge in [-0.25, -0.2) is 0 Å². The maximum absolute atomic E-state index is 11.9. The quantitative estimate of drug-likeness (QED) is 0.846. The lowest BCUT2D eigenvalue weighted by Gasteiger charge is -2.16. The summed E-state index contributed by atoms with van der Waals surface area (Å²) in [5.41, 5.74) is 0. The summed E-state index contributed by atoms with van der Waals surface area (Å²) in [6.45, 7) is 0.242. The van der Waals surface area contributed by atoms with Crippen molar-refractivity contribution in [2.45, 2.75) is 6.54 Å². The fourth-order valence-corrected chi connectivity index (χ4v) is 2.10. The number of carbonyl (C=O) groups excluding carboxylic acids is 1. The molecule has 1 amide bonds. The molecule has 0 bridgehead atoms. The number of para-hydroxylation sites is 1. The molecule has 2 rings (SSSR count). The maximum atomic E-state index is 11.9. The number of hydrogen-bond acceptors (Lipinski definition) is 3. The Balaban J connectivity index is 1.91. The van der Waals surface area contributed by atoms with Crippen LogP contribution in [0.25, 0.3) is 0 Å². The van der Waals surface area contributed by atoms with Crippen LogP contribution >= 0.6 is 23.2 Å². The van der Waals surface area contributed by atoms with Crippen molar-refractivity contribution in [3.63, 3.8) is 0 Å². The van der Waals surface area contributed by atoms with Crippen molar-refractivity contribution in [1.82, 2.24) is 4.90 Å². The van der Waals surface area contributed by atoms with Gasteiger partial charge in [0.15, 0.2) is 12.4 Å². The molecule has 4 nitrogen and oxygen atoms in total. The lowest BCUT2D eigenvalue weighted by atomic mass is 10.3. The van der Waals surface area contributed by atoms with Gasteiger partial charge in [0.1, 0.15) is 5.76 Å². The van der Waals surface area contributed by atoms with E-state index in [1.807, 2.05) is 0 Å². The molecular weight excluding hydrogens is 301 g/mol. The van der Waals surface area contributed by atoms with Gasteiger partial charge in [0.2, 0.25) is 0 Å². The van der Waals surface area contributed by atoms with E-state index in [0.717, 1.165) is 0 Å². The van der Waals surface area contributed by atoms with E-state index in [2.05, 4.69) is 0 Å². The van der Waals surface area contributed by atoms with E-state index in [9.17, 15) is 4.79 Å². The Morgan fingerprint density at radius 3 is 2.55 bits per heavy atom. The van der Waals surface area contributed by atoms with Crippen LogP contribution in [0.15, 0.2) is 41.0 Å². The summed E-state index contributed by atoms with van der Waals surface area (Å²) >= 11 is 11.9. The highest BCUT2D eigenvalue weighted by molar-refractivity contribution is 6.37. The Morgan fingerprint density at radius 2 is 1.95 bits per heavy atom. The van der Waals surface area contributed by atoms with E-state index in [0.29, 0.717) is 28.1 Å². The summed E-state index contributed by atoms with van der Waals surface area (Å²) in [6, 6.07) is 8.59. The number of hydrogen-bond donors (Lipinski definition) is 0. The molecule has 0 fully saturated rings. The summed E-state index contributed by atoms with van der Waals surface area (Å²) in [5.74, 6) is 0.824. The van der Waals surface area contributed by atoms with Gasteiger partial charge in [-0.1, -0.05) is 29.3 Å². The number of benzene rings is 1. The van der Waals surface area contributed by atoms with Crippen molar-refractivity contribution < 1.29 is 13.9 Å². The highest BCUT2D eigenvalue weighted by atomic mass is 35.5. The van der Waals surface area contributed by atoms with Gasteiger partial charge < -0.3 is 14.1 Å². The Morgan fingerprint density at radius 1 is 1.25 bits per heavy atom. The van der Waals surface area contributed by atoms with E-state index >= 15 is 0 Å². The number of nitrogens with zero attached hydrogens (tertiary/aromatic N) is 1. The molecule has 106 valence electrons. The summed E-state index contributed by atoms with van der Waals surface area (Å²) < 4.78 is 10.6. The predicted molar refractivity (Wildman–Crippen MR) is 77.1 cm³/mol. The first-order valence-corrected chi connectivity index (χ1v) is 6.66. The van der Waals surface area contributed by atoms with Crippen LogP contribution in [0.3, 0.4) is 0 Å². The minimum atomic E-state index is -0.197. The van der Waals surface area contributed by atoms with Gasteiger partial charge in [0.25, 0.3) is 5.91 Å². The molecule has 20 heavy (non-hydrogen) atoms. The van der Waals surface area contributed by atoms with Crippen molar-refractivity contribution >= 4 is 29.1 Å². The van der Waals surface area contributed by atoms with Crippen LogP contribution in [0.1, 0.15) is 5.76 Å². The van der Waals surface area contributed by atoms with Crippen LogP contribution in [-0.4, -0.2) is 24.5 Å². The highest BCUT2D eigenvalue weighted by Gasteiger charge is 2.14. The van der Waals surface area contributed by atoms with Gasteiger partial charge in [-0.3, -0.25) is 4.79 Å². The van der Waals surface area contributed by atoms with Crippen LogP contribution in [-0.2, 0) is 11.3 Å². The zero-order valence-corrected chi connectivity index (χ0v) is 12.3. The SMILES string of the molecule is CN(Cc1ccco1)C(=O)COc1c(Cl)cccc1Cl. The van der Waals surface area contributed by atoms with E-state index < -0.39 is 0 Å². The molecule has 0 aliphatic heterocycles. The number of halogens is 2. The molecular formula is C14H13Cl2NO3. The van der Waals surface area contributed by atoms with Crippen molar-refractivity contribution in [3.05, 3.63) is 52.4 Å². The minimum Gasteiger partial charge on any atom is -0.481 e. The molecule has 0 N–H and O–H groups in total. The Bertz CT molecular complexity index is 564. The number of ether oxygens (including phenoxy) is 1. The van der Waals surface area contributed by atoms with E-state index in [4.69, 9.17) is 32.4 Å². The van der Waals surface area contributed by atoms with E-state index in [-0.39, 0.29) is 12.5 Å². The van der Waals surface area contributed by atoms with Crippen LogP contribution < -0.4 is 4.74 Å². The third kappa shape index (κ3) is 3.68. The lowest BCUT2D eigenvalue weighted by molar-refractivity contribution is -0.132. The monoisotopic (exact) mass is 313 g/mol. The number of carbonyl (C=O) groups is 1. The third-order valence-corrected chi connectivity index (χ3v) is 3.25. The first-order chi connectivity index (χ1) is 9.58. The molecule has 0 saturated carbocycles. The second kappa shape index (κ2) is 6.68. The fourth-order valence-electron chi connectivity index (χ4n) is 1.59. The van der Waals surface area contributed by atoms with Gasteiger partial charge in [-0.15, -0.1) is 0 Å². The number of rotatable bonds is 5. The first kappa shape index (κ1) is 14.8. The molecule has 1 aromatic carbocycles. The van der Waals surface area contributed by atoms with E-state index in [1.54, 1.807) is 43.6 Å². The molecule has 1 heterocycles. The molecule has 6 heteroatoms. The molecule has 0 radical (unpaired) electrons. The lowest BCUT2D eigenvalue weighted by Crippen LogP contribution is -2.30. The summed E-state index contributed by atoms with van der Waals surface area (Å²) in [7, 11) is 1.67. The number of amides is 1. The molecule has 2 aromatic rings. The molecule has 0 spiro atoms. The van der Waals surface area contributed by atoms with Crippen LogP contribution in [0, 0.1) is 0 Å². The predicted octanol–water partition coefficient (Wildman–Crippen LogP) is 3.62. The Kier molecular flexibility index (Phi) is 4.93. The Labute approximate surface area is 126 Å². The molecule has 0 saturated heterocycles. The first-order valence-electron chi connectivity index (χ1n) is 5.91. The molecule has 1 aromatic heterocycles. The van der Waals surface area contributed by atoms with Crippen molar-refractivity contribution in [2.75, 3.05) is 13.7 Å². The van der Waals surface area contributed by atoms with Gasteiger partial charge >= 0.3 is 0 Å². The number of furan rings is 1. The fraction of sp³-hybridized carbons (Fsp3) is 0.214. The van der Waals surface area contributed by atoms with Gasteiger partial charge in [0, 0.05) is 7.05 Å². The summed E-state index contributed by atoms with van der Waals surface area (Å²) in [4.78, 5) is 13.4. The summed E-state index contributed by atoms with van der Waals surface area (Å²) in [6.07, 6.45) is 1.56. The van der Waals surface area contributed by atoms with Crippen LogP contribution in [0.4, 0.5) is 0 Å². The minimum absolute atomic E-state index is 0.138. The topological polar surface area (TPSA) is 42.7 Å². The average molecular weight is 314 g/mol. The van der Waals surface area contributed by atoms with E-state index in [1.165, 1.54) is 4.90 Å². The van der Waals surface area contributed by atoms with Crippen LogP contribution in [0.2, 0.25) is 10.0 Å². The molecule has 0 aliphatic rings. The number of likely N-dealkylation sites (N-methyl/N-ethyl adjacent to an activating group) is 1. The highest BCUT2D eigenvalue weighted by Crippen LogP contribution is 2.32. The largest absolute Gasteiger partial charge is 0.481 e. The normalized spacial score (nSPS) is 10.3. The molecule has 0 unspecified atom stereocenters. The molecule has 0 aliphatic carbocycles. The smallest absolute Gasteiger partial charge is 0.260 e. The zero-order valence-electron chi connectivity index (χ0n) is 10.8. The Hall–Kier alpha value is -1.65. The second-order valence-corrected chi connectivity index (χ2v) is 4.98.